The summed E-state index contributed by atoms with van der Waals surface area (Å²) in [7, 11) is 0. The van der Waals surface area contributed by atoms with Gasteiger partial charge in [-0.1, -0.05) is 13.0 Å². The maximum absolute atomic E-state index is 11.6. The molecule has 0 aromatic heterocycles. The largest absolute Gasteiger partial charge is 0.444 e. The number of hydrogen-bond acceptors (Lipinski definition) is 4. The molecule has 0 radical (unpaired) electrons. The maximum atomic E-state index is 11.6. The van der Waals surface area contributed by atoms with Crippen LogP contribution in [0.15, 0.2) is 18.2 Å². The summed E-state index contributed by atoms with van der Waals surface area (Å²) in [6.07, 6.45) is 0.361. The first-order chi connectivity index (χ1) is 12.1. The maximum Gasteiger partial charge on any atom is 0.407 e. The molecule has 2 amide bonds. The van der Waals surface area contributed by atoms with Gasteiger partial charge in [0.05, 0.1) is 0 Å². The SMILES string of the molecule is CCc1ccc(NC(C)=O)cc1NC(=S)NCCNC(=O)OC(C)(C)C. The first-order valence-corrected chi connectivity index (χ1v) is 8.93. The number of alkyl carbamates (subject to hydrolysis) is 1. The Labute approximate surface area is 160 Å². The molecule has 0 aliphatic heterocycles. The molecule has 0 saturated carbocycles. The van der Waals surface area contributed by atoms with E-state index in [-0.39, 0.29) is 5.91 Å². The van der Waals surface area contributed by atoms with E-state index < -0.39 is 11.7 Å². The topological polar surface area (TPSA) is 91.5 Å². The van der Waals surface area contributed by atoms with E-state index in [4.69, 9.17) is 17.0 Å². The van der Waals surface area contributed by atoms with Crippen molar-refractivity contribution < 1.29 is 14.3 Å². The molecule has 0 aliphatic rings. The van der Waals surface area contributed by atoms with Crippen molar-refractivity contribution in [3.05, 3.63) is 23.8 Å². The zero-order valence-corrected chi connectivity index (χ0v) is 16.8. The number of aryl methyl sites for hydroxylation is 1. The van der Waals surface area contributed by atoms with Crippen molar-refractivity contribution in [3.8, 4) is 0 Å². The van der Waals surface area contributed by atoms with E-state index in [9.17, 15) is 9.59 Å². The van der Waals surface area contributed by atoms with Gasteiger partial charge in [-0.25, -0.2) is 4.79 Å². The number of benzene rings is 1. The third-order valence-electron chi connectivity index (χ3n) is 3.14. The van der Waals surface area contributed by atoms with Gasteiger partial charge < -0.3 is 26.0 Å². The second-order valence-electron chi connectivity index (χ2n) is 6.72. The third-order valence-corrected chi connectivity index (χ3v) is 3.38. The van der Waals surface area contributed by atoms with Gasteiger partial charge in [0.1, 0.15) is 5.60 Å². The second kappa shape index (κ2) is 9.96. The molecular weight excluding hydrogens is 352 g/mol. The van der Waals surface area contributed by atoms with Crippen molar-refractivity contribution in [2.45, 2.75) is 46.6 Å². The molecule has 0 heterocycles. The highest BCUT2D eigenvalue weighted by Gasteiger charge is 2.15. The summed E-state index contributed by atoms with van der Waals surface area (Å²) in [6.45, 7) is 9.77. The lowest BCUT2D eigenvalue weighted by molar-refractivity contribution is -0.114. The standard InChI is InChI=1S/C18H28N4O3S/c1-6-13-7-8-14(21-12(2)23)11-15(13)22-16(26)19-9-10-20-17(24)25-18(3,4)5/h7-8,11H,6,9-10H2,1-5H3,(H,20,24)(H,21,23)(H2,19,22,26). The van der Waals surface area contributed by atoms with Gasteiger partial charge in [-0.05, 0) is 57.1 Å². The molecule has 0 unspecified atom stereocenters. The highest BCUT2D eigenvalue weighted by atomic mass is 32.1. The Morgan fingerprint density at radius 1 is 1.12 bits per heavy atom. The number of rotatable bonds is 6. The first-order valence-electron chi connectivity index (χ1n) is 8.53. The van der Waals surface area contributed by atoms with Gasteiger partial charge in [-0.15, -0.1) is 0 Å². The van der Waals surface area contributed by atoms with E-state index in [1.165, 1.54) is 6.92 Å². The summed E-state index contributed by atoms with van der Waals surface area (Å²) in [5.74, 6) is -0.130. The fourth-order valence-electron chi connectivity index (χ4n) is 2.10. The lowest BCUT2D eigenvalue weighted by Gasteiger charge is -2.20. The van der Waals surface area contributed by atoms with E-state index in [1.807, 2.05) is 45.9 Å². The van der Waals surface area contributed by atoms with Crippen LogP contribution >= 0.6 is 12.2 Å². The molecule has 0 aliphatic carbocycles. The molecule has 8 heteroatoms. The number of hydrogen-bond donors (Lipinski definition) is 4. The average molecular weight is 381 g/mol. The minimum Gasteiger partial charge on any atom is -0.444 e. The van der Waals surface area contributed by atoms with E-state index in [1.54, 1.807) is 0 Å². The van der Waals surface area contributed by atoms with E-state index >= 15 is 0 Å². The number of amides is 2. The lowest BCUT2D eigenvalue weighted by Crippen LogP contribution is -2.39. The molecule has 0 fully saturated rings. The van der Waals surface area contributed by atoms with Crippen LogP contribution in [0.5, 0.6) is 0 Å². The number of ether oxygens (including phenoxy) is 1. The quantitative estimate of drug-likeness (QED) is 0.448. The monoisotopic (exact) mass is 380 g/mol. The summed E-state index contributed by atoms with van der Waals surface area (Å²) in [4.78, 5) is 22.8. The molecule has 1 aromatic carbocycles. The number of anilines is 2. The average Bonchev–Trinajstić information content (AvgIpc) is 2.49. The third kappa shape index (κ3) is 8.66. The minimum atomic E-state index is -0.524. The van der Waals surface area contributed by atoms with Crippen molar-refractivity contribution in [1.82, 2.24) is 10.6 Å². The molecular formula is C18H28N4O3S. The Hall–Kier alpha value is -2.35. The normalized spacial score (nSPS) is 10.7. The summed E-state index contributed by atoms with van der Waals surface area (Å²) in [5, 5.41) is 12.0. The number of thiocarbonyl (C=S) groups is 1. The van der Waals surface area contributed by atoms with Crippen LogP contribution in [0.25, 0.3) is 0 Å². The Balaban J connectivity index is 2.49. The lowest BCUT2D eigenvalue weighted by atomic mass is 10.1. The summed E-state index contributed by atoms with van der Waals surface area (Å²) < 4.78 is 5.15. The first kappa shape index (κ1) is 21.7. The Morgan fingerprint density at radius 2 is 1.77 bits per heavy atom. The summed E-state index contributed by atoms with van der Waals surface area (Å²) >= 11 is 5.29. The van der Waals surface area contributed by atoms with E-state index in [2.05, 4.69) is 21.3 Å². The zero-order valence-electron chi connectivity index (χ0n) is 16.0. The van der Waals surface area contributed by atoms with Gasteiger partial charge in [0.25, 0.3) is 0 Å². The Kier molecular flexibility index (Phi) is 8.31. The smallest absolute Gasteiger partial charge is 0.407 e. The summed E-state index contributed by atoms with van der Waals surface area (Å²) in [5.41, 5.74) is 2.09. The second-order valence-corrected chi connectivity index (χ2v) is 7.12. The van der Waals surface area contributed by atoms with Gasteiger partial charge >= 0.3 is 6.09 Å². The number of nitrogens with one attached hydrogen (secondary N) is 4. The molecule has 26 heavy (non-hydrogen) atoms. The molecule has 4 N–H and O–H groups in total. The van der Waals surface area contributed by atoms with Gasteiger partial charge in [-0.2, -0.15) is 0 Å². The van der Waals surface area contributed by atoms with E-state index in [0.717, 1.165) is 17.7 Å². The van der Waals surface area contributed by atoms with Crippen LogP contribution in [0, 0.1) is 0 Å². The molecule has 7 nitrogen and oxygen atoms in total. The zero-order chi connectivity index (χ0) is 19.7. The highest BCUT2D eigenvalue weighted by molar-refractivity contribution is 7.80. The Morgan fingerprint density at radius 3 is 2.35 bits per heavy atom. The van der Waals surface area contributed by atoms with E-state index in [0.29, 0.717) is 23.9 Å². The molecule has 0 saturated heterocycles. The van der Waals surface area contributed by atoms with Crippen LogP contribution in [0.2, 0.25) is 0 Å². The predicted octanol–water partition coefficient (Wildman–Crippen LogP) is 3.02. The molecule has 0 atom stereocenters. The van der Waals surface area contributed by atoms with Gasteiger partial charge in [0, 0.05) is 31.4 Å². The van der Waals surface area contributed by atoms with Crippen molar-refractivity contribution >= 4 is 40.7 Å². The van der Waals surface area contributed by atoms with Crippen molar-refractivity contribution in [2.24, 2.45) is 0 Å². The summed E-state index contributed by atoms with van der Waals surface area (Å²) in [6, 6.07) is 5.64. The van der Waals surface area contributed by atoms with Gasteiger partial charge in [0.15, 0.2) is 5.11 Å². The molecule has 144 valence electrons. The fourth-order valence-corrected chi connectivity index (χ4v) is 2.32. The van der Waals surface area contributed by atoms with Crippen LogP contribution in [0.4, 0.5) is 16.2 Å². The molecule has 0 spiro atoms. The minimum absolute atomic E-state index is 0.130. The van der Waals surface area contributed by atoms with Crippen LogP contribution < -0.4 is 21.3 Å². The molecule has 0 bridgehead atoms. The van der Waals surface area contributed by atoms with Crippen LogP contribution in [-0.4, -0.2) is 35.8 Å². The number of carbonyl (C=O) groups excluding carboxylic acids is 2. The molecule has 1 aromatic rings. The van der Waals surface area contributed by atoms with Crippen molar-refractivity contribution in [1.29, 1.82) is 0 Å². The van der Waals surface area contributed by atoms with Gasteiger partial charge in [0.2, 0.25) is 5.91 Å². The highest BCUT2D eigenvalue weighted by Crippen LogP contribution is 2.21. The van der Waals surface area contributed by atoms with Crippen LogP contribution in [0.1, 0.15) is 40.2 Å². The predicted molar refractivity (Wildman–Crippen MR) is 109 cm³/mol. The van der Waals surface area contributed by atoms with Crippen LogP contribution in [-0.2, 0) is 16.0 Å². The van der Waals surface area contributed by atoms with Crippen LogP contribution in [0.3, 0.4) is 0 Å². The van der Waals surface area contributed by atoms with Crippen molar-refractivity contribution in [3.63, 3.8) is 0 Å². The van der Waals surface area contributed by atoms with Gasteiger partial charge in [-0.3, -0.25) is 4.79 Å². The van der Waals surface area contributed by atoms with Crippen molar-refractivity contribution in [2.75, 3.05) is 23.7 Å². The number of carbonyl (C=O) groups is 2. The fraction of sp³-hybridized carbons (Fsp3) is 0.500. The molecule has 1 rings (SSSR count). The Bertz CT molecular complexity index is 656.